The molecule has 0 aliphatic carbocycles. The summed E-state index contributed by atoms with van der Waals surface area (Å²) in [5.41, 5.74) is 1.51. The number of carbonyl (C=O) groups is 2. The molecule has 1 saturated heterocycles. The Balaban J connectivity index is 1.64. The summed E-state index contributed by atoms with van der Waals surface area (Å²) in [7, 11) is 1.54. The minimum Gasteiger partial charge on any atom is -0.507 e. The van der Waals surface area contributed by atoms with Crippen LogP contribution in [0.5, 0.6) is 23.0 Å². The maximum Gasteiger partial charge on any atom is 0.301 e. The Kier molecular flexibility index (Phi) is 9.93. The van der Waals surface area contributed by atoms with Crippen molar-refractivity contribution in [3.63, 3.8) is 0 Å². The van der Waals surface area contributed by atoms with Crippen LogP contribution in [0.3, 0.4) is 0 Å². The monoisotopic (exact) mass is 630 g/mol. The highest BCUT2D eigenvalue weighted by molar-refractivity contribution is 7.22. The van der Waals surface area contributed by atoms with Gasteiger partial charge in [-0.15, -0.1) is 0 Å². The van der Waals surface area contributed by atoms with Gasteiger partial charge < -0.3 is 24.1 Å². The summed E-state index contributed by atoms with van der Waals surface area (Å²) in [6.07, 6.45) is 1.68. The molecule has 0 bridgehead atoms. The average Bonchev–Trinajstić information content (AvgIpc) is 3.57. The highest BCUT2D eigenvalue weighted by atomic mass is 32.1. The SMILES string of the molecule is CCCOc1cccc(/C(O)=C2\C(=O)C(=O)N(c3nc4ccc(OCC)cc4s3)C2c2ccc(OCCC(C)C)c(OC)c2)c1. The lowest BCUT2D eigenvalue weighted by Gasteiger charge is -2.24. The molecule has 0 spiro atoms. The van der Waals surface area contributed by atoms with Gasteiger partial charge in [0, 0.05) is 5.56 Å². The van der Waals surface area contributed by atoms with Crippen molar-refractivity contribution in [2.75, 3.05) is 31.8 Å². The first kappa shape index (κ1) is 31.8. The van der Waals surface area contributed by atoms with Crippen molar-refractivity contribution < 1.29 is 33.6 Å². The lowest BCUT2D eigenvalue weighted by atomic mass is 9.95. The van der Waals surface area contributed by atoms with Gasteiger partial charge in [-0.2, -0.15) is 0 Å². The number of methoxy groups -OCH3 is 1. The third-order valence-electron chi connectivity index (χ3n) is 7.35. The second kappa shape index (κ2) is 14.0. The summed E-state index contributed by atoms with van der Waals surface area (Å²) >= 11 is 1.27. The Morgan fingerprint density at radius 1 is 0.956 bits per heavy atom. The van der Waals surface area contributed by atoms with Crippen molar-refractivity contribution in [2.45, 2.75) is 46.6 Å². The number of ketones is 1. The number of amides is 1. The number of rotatable bonds is 13. The second-order valence-corrected chi connectivity index (χ2v) is 12.1. The van der Waals surface area contributed by atoms with Gasteiger partial charge in [-0.05, 0) is 73.7 Å². The van der Waals surface area contributed by atoms with Gasteiger partial charge >= 0.3 is 5.91 Å². The van der Waals surface area contributed by atoms with E-state index in [1.165, 1.54) is 23.3 Å². The molecule has 0 radical (unpaired) electrons. The molecule has 236 valence electrons. The van der Waals surface area contributed by atoms with Crippen LogP contribution >= 0.6 is 11.3 Å². The molecule has 1 aliphatic heterocycles. The number of ether oxygens (including phenoxy) is 4. The minimum absolute atomic E-state index is 0.0579. The summed E-state index contributed by atoms with van der Waals surface area (Å²) in [5.74, 6) is 0.779. The topological polar surface area (TPSA) is 107 Å². The van der Waals surface area contributed by atoms with Crippen LogP contribution in [-0.2, 0) is 9.59 Å². The molecular weight excluding hydrogens is 592 g/mol. The van der Waals surface area contributed by atoms with Crippen LogP contribution in [0, 0.1) is 5.92 Å². The van der Waals surface area contributed by atoms with Gasteiger partial charge in [0.25, 0.3) is 5.78 Å². The fraction of sp³-hybridized carbons (Fsp3) is 0.343. The molecule has 5 rings (SSSR count). The van der Waals surface area contributed by atoms with E-state index < -0.39 is 17.7 Å². The molecule has 1 N–H and O–H groups in total. The fourth-order valence-electron chi connectivity index (χ4n) is 5.08. The molecule has 1 aliphatic rings. The molecule has 10 heteroatoms. The zero-order chi connectivity index (χ0) is 32.1. The Labute approximate surface area is 267 Å². The number of aliphatic hydroxyl groups excluding tert-OH is 1. The number of Topliss-reactive ketones (excluding diaryl/α,β-unsaturated/α-hetero) is 1. The van der Waals surface area contributed by atoms with E-state index in [1.54, 1.807) is 42.5 Å². The highest BCUT2D eigenvalue weighted by Crippen LogP contribution is 2.46. The van der Waals surface area contributed by atoms with Gasteiger partial charge in [-0.1, -0.05) is 50.3 Å². The molecule has 1 aromatic heterocycles. The summed E-state index contributed by atoms with van der Waals surface area (Å²) in [5, 5.41) is 12.0. The van der Waals surface area contributed by atoms with Crippen molar-refractivity contribution in [1.29, 1.82) is 0 Å². The molecular formula is C35H38N2O7S. The largest absolute Gasteiger partial charge is 0.507 e. The highest BCUT2D eigenvalue weighted by Gasteiger charge is 2.48. The van der Waals surface area contributed by atoms with Crippen LogP contribution in [0.1, 0.15) is 57.7 Å². The minimum atomic E-state index is -0.990. The van der Waals surface area contributed by atoms with Gasteiger partial charge in [0.1, 0.15) is 17.3 Å². The van der Waals surface area contributed by atoms with Crippen LogP contribution in [0.2, 0.25) is 0 Å². The normalized spacial score (nSPS) is 16.0. The third kappa shape index (κ3) is 6.76. The van der Waals surface area contributed by atoms with Gasteiger partial charge in [0.2, 0.25) is 0 Å². The molecule has 1 unspecified atom stereocenters. The Hall–Kier alpha value is -4.57. The van der Waals surface area contributed by atoms with Crippen LogP contribution in [0.25, 0.3) is 16.0 Å². The number of hydrogen-bond donors (Lipinski definition) is 1. The molecule has 9 nitrogen and oxygen atoms in total. The standard InChI is InChI=1S/C35H38N2O7S/c1-6-16-43-24-10-8-9-23(18-24)32(38)30-31(22-11-14-27(28(19-22)41-5)44-17-15-21(3)4)37(34(40)33(30)39)35-36-26-13-12-25(42-7-2)20-29(26)45-35/h8-14,18-21,31,38H,6-7,15-17H2,1-5H3/b32-30+. The van der Waals surface area contributed by atoms with Crippen LogP contribution in [0.4, 0.5) is 5.13 Å². The summed E-state index contributed by atoms with van der Waals surface area (Å²) in [6.45, 7) is 9.67. The third-order valence-corrected chi connectivity index (χ3v) is 8.36. The van der Waals surface area contributed by atoms with E-state index >= 15 is 0 Å². The Morgan fingerprint density at radius 3 is 2.49 bits per heavy atom. The van der Waals surface area contributed by atoms with Gasteiger partial charge in [-0.3, -0.25) is 14.5 Å². The molecule has 1 fully saturated rings. The summed E-state index contributed by atoms with van der Waals surface area (Å²) < 4.78 is 23.9. The van der Waals surface area contributed by atoms with Crippen molar-refractivity contribution in [3.8, 4) is 23.0 Å². The lowest BCUT2D eigenvalue weighted by Crippen LogP contribution is -2.29. The van der Waals surface area contributed by atoms with E-state index in [0.717, 1.165) is 17.5 Å². The van der Waals surface area contributed by atoms with Crippen molar-refractivity contribution in [1.82, 2.24) is 4.98 Å². The van der Waals surface area contributed by atoms with Crippen LogP contribution in [0.15, 0.2) is 66.2 Å². The van der Waals surface area contributed by atoms with Crippen molar-refractivity contribution in [2.24, 2.45) is 5.92 Å². The number of thiazole rings is 1. The number of hydrogen-bond acceptors (Lipinski definition) is 9. The van der Waals surface area contributed by atoms with Gasteiger partial charge in [-0.25, -0.2) is 4.98 Å². The molecule has 0 saturated carbocycles. The first-order valence-corrected chi connectivity index (χ1v) is 16.0. The van der Waals surface area contributed by atoms with Gasteiger partial charge in [0.15, 0.2) is 16.6 Å². The van der Waals surface area contributed by atoms with E-state index in [4.69, 9.17) is 23.9 Å². The smallest absolute Gasteiger partial charge is 0.301 e. The quantitative estimate of drug-likeness (QED) is 0.0917. The zero-order valence-corrected chi connectivity index (χ0v) is 27.0. The molecule has 1 amide bonds. The maximum atomic E-state index is 13.8. The molecule has 45 heavy (non-hydrogen) atoms. The lowest BCUT2D eigenvalue weighted by molar-refractivity contribution is -0.132. The van der Waals surface area contributed by atoms with E-state index in [0.29, 0.717) is 70.5 Å². The van der Waals surface area contributed by atoms with E-state index in [-0.39, 0.29) is 11.3 Å². The number of carbonyl (C=O) groups excluding carboxylic acids is 2. The molecule has 2 heterocycles. The number of nitrogens with zero attached hydrogens (tertiary/aromatic N) is 2. The molecule has 1 atom stereocenters. The Bertz CT molecular complexity index is 1730. The zero-order valence-electron chi connectivity index (χ0n) is 26.2. The van der Waals surface area contributed by atoms with Crippen LogP contribution in [-0.4, -0.2) is 48.7 Å². The van der Waals surface area contributed by atoms with E-state index in [2.05, 4.69) is 13.8 Å². The van der Waals surface area contributed by atoms with Gasteiger partial charge in [0.05, 0.1) is 48.8 Å². The van der Waals surface area contributed by atoms with Crippen molar-refractivity contribution >= 4 is 44.1 Å². The number of fused-ring (bicyclic) bond motifs is 1. The van der Waals surface area contributed by atoms with Crippen LogP contribution < -0.4 is 23.8 Å². The number of aromatic nitrogens is 1. The Morgan fingerprint density at radius 2 is 1.76 bits per heavy atom. The first-order chi connectivity index (χ1) is 21.7. The second-order valence-electron chi connectivity index (χ2n) is 11.0. The van der Waals surface area contributed by atoms with Crippen molar-refractivity contribution in [3.05, 3.63) is 77.4 Å². The molecule has 4 aromatic rings. The predicted octanol–water partition coefficient (Wildman–Crippen LogP) is 7.54. The number of aliphatic hydroxyl groups is 1. The molecule has 3 aromatic carbocycles. The maximum absolute atomic E-state index is 13.8. The predicted molar refractivity (Wildman–Crippen MR) is 176 cm³/mol. The fourth-order valence-corrected chi connectivity index (χ4v) is 6.10. The average molecular weight is 631 g/mol. The summed E-state index contributed by atoms with van der Waals surface area (Å²) in [4.78, 5) is 33.7. The number of benzene rings is 3. The summed E-state index contributed by atoms with van der Waals surface area (Å²) in [6, 6.07) is 16.7. The number of anilines is 1. The van der Waals surface area contributed by atoms with E-state index in [9.17, 15) is 14.7 Å². The van der Waals surface area contributed by atoms with E-state index in [1.807, 2.05) is 32.0 Å². The first-order valence-electron chi connectivity index (χ1n) is 15.1.